The molecule has 8 aromatic rings. The van der Waals surface area contributed by atoms with Crippen molar-refractivity contribution >= 4 is 43.6 Å². The van der Waals surface area contributed by atoms with Crippen LogP contribution < -0.4 is 0 Å². The molecule has 3 aromatic heterocycles. The van der Waals surface area contributed by atoms with E-state index >= 15 is 0 Å². The second-order valence-corrected chi connectivity index (χ2v) is 10.0. The van der Waals surface area contributed by atoms with Crippen LogP contribution in [0.3, 0.4) is 0 Å². The van der Waals surface area contributed by atoms with Gasteiger partial charge in [0.25, 0.3) is 0 Å². The van der Waals surface area contributed by atoms with E-state index in [1.54, 1.807) is 0 Å². The van der Waals surface area contributed by atoms with Crippen LogP contribution in [0, 0.1) is 11.3 Å². The molecule has 4 nitrogen and oxygen atoms in total. The lowest BCUT2D eigenvalue weighted by atomic mass is 10.0. The Balaban J connectivity index is 1.49. The quantitative estimate of drug-likeness (QED) is 0.238. The highest BCUT2D eigenvalue weighted by atomic mass is 15.1. The molecule has 0 radical (unpaired) electrons. The average Bonchev–Trinajstić information content (AvgIpc) is 3.54. The van der Waals surface area contributed by atoms with Gasteiger partial charge >= 0.3 is 0 Å². The third-order valence-electron chi connectivity index (χ3n) is 7.76. The van der Waals surface area contributed by atoms with Crippen LogP contribution in [0.15, 0.2) is 133 Å². The van der Waals surface area contributed by atoms with E-state index in [2.05, 4.69) is 124 Å². The third kappa shape index (κ3) is 3.28. The lowest BCUT2D eigenvalue weighted by Gasteiger charge is -2.14. The summed E-state index contributed by atoms with van der Waals surface area (Å²) in [6, 6.07) is 48.3. The van der Waals surface area contributed by atoms with Crippen molar-refractivity contribution in [1.82, 2.24) is 14.1 Å². The zero-order chi connectivity index (χ0) is 26.6. The van der Waals surface area contributed by atoms with Gasteiger partial charge in [0.2, 0.25) is 0 Å². The molecule has 5 aromatic carbocycles. The Morgan fingerprint density at radius 1 is 0.450 bits per heavy atom. The van der Waals surface area contributed by atoms with Crippen LogP contribution in [-0.4, -0.2) is 14.1 Å². The first-order valence-electron chi connectivity index (χ1n) is 13.3. The maximum atomic E-state index is 9.37. The molecule has 186 valence electrons. The van der Waals surface area contributed by atoms with Gasteiger partial charge in [0, 0.05) is 21.5 Å². The molecule has 0 aliphatic carbocycles. The number of nitrogens with zero attached hydrogens (tertiary/aromatic N) is 4. The minimum atomic E-state index is 0.642. The predicted octanol–water partition coefficient (Wildman–Crippen LogP) is 8.81. The van der Waals surface area contributed by atoms with Gasteiger partial charge in [-0.05, 0) is 59.7 Å². The van der Waals surface area contributed by atoms with Crippen molar-refractivity contribution in [3.8, 4) is 28.8 Å². The van der Waals surface area contributed by atoms with Crippen molar-refractivity contribution in [2.24, 2.45) is 0 Å². The molecule has 40 heavy (non-hydrogen) atoms. The van der Waals surface area contributed by atoms with Gasteiger partial charge in [0.05, 0.1) is 33.7 Å². The van der Waals surface area contributed by atoms with Crippen LogP contribution in [-0.2, 0) is 0 Å². The van der Waals surface area contributed by atoms with Gasteiger partial charge in [0.1, 0.15) is 11.6 Å². The number of benzene rings is 5. The fourth-order valence-corrected chi connectivity index (χ4v) is 5.97. The van der Waals surface area contributed by atoms with Crippen LogP contribution in [0.5, 0.6) is 0 Å². The highest BCUT2D eigenvalue weighted by Gasteiger charge is 2.18. The van der Waals surface area contributed by atoms with Gasteiger partial charge in [-0.2, -0.15) is 5.26 Å². The number of nitriles is 1. The fraction of sp³-hybridized carbons (Fsp3) is 0. The Kier molecular flexibility index (Phi) is 4.85. The van der Waals surface area contributed by atoms with E-state index in [0.717, 1.165) is 44.8 Å². The first-order chi connectivity index (χ1) is 19.8. The largest absolute Gasteiger partial charge is 0.294 e. The Morgan fingerprint density at radius 2 is 0.825 bits per heavy atom. The highest BCUT2D eigenvalue weighted by Crippen LogP contribution is 2.36. The SMILES string of the molecule is N#Cc1ccc(-c2cc(-n3c4ccccc4c4ccccc43)nc(-n3c4ccccc4c4ccccc43)c2)cc1. The van der Waals surface area contributed by atoms with Crippen molar-refractivity contribution in [1.29, 1.82) is 5.26 Å². The minimum absolute atomic E-state index is 0.642. The maximum absolute atomic E-state index is 9.37. The van der Waals surface area contributed by atoms with Crippen molar-refractivity contribution in [3.63, 3.8) is 0 Å². The zero-order valence-electron chi connectivity index (χ0n) is 21.5. The van der Waals surface area contributed by atoms with E-state index in [0.29, 0.717) is 5.56 Å². The van der Waals surface area contributed by atoms with Crippen molar-refractivity contribution in [2.75, 3.05) is 0 Å². The second kappa shape index (κ2) is 8.69. The molecule has 0 spiro atoms. The zero-order valence-corrected chi connectivity index (χ0v) is 21.5. The summed E-state index contributed by atoms with van der Waals surface area (Å²) in [5.41, 5.74) is 7.16. The van der Waals surface area contributed by atoms with E-state index in [1.165, 1.54) is 21.5 Å². The molecule has 0 N–H and O–H groups in total. The lowest BCUT2D eigenvalue weighted by Crippen LogP contribution is -2.04. The Labute approximate surface area is 230 Å². The van der Waals surface area contributed by atoms with E-state index in [4.69, 9.17) is 4.98 Å². The fourth-order valence-electron chi connectivity index (χ4n) is 5.97. The summed E-state index contributed by atoms with van der Waals surface area (Å²) in [5.74, 6) is 1.69. The molecule has 0 bridgehead atoms. The minimum Gasteiger partial charge on any atom is -0.294 e. The number of rotatable bonds is 3. The summed E-state index contributed by atoms with van der Waals surface area (Å²) in [6.45, 7) is 0. The molecule has 0 aliphatic rings. The summed E-state index contributed by atoms with van der Waals surface area (Å²) in [7, 11) is 0. The molecule has 0 aliphatic heterocycles. The first-order valence-corrected chi connectivity index (χ1v) is 13.3. The number of aromatic nitrogens is 3. The topological polar surface area (TPSA) is 46.5 Å². The van der Waals surface area contributed by atoms with Crippen molar-refractivity contribution < 1.29 is 0 Å². The van der Waals surface area contributed by atoms with Gasteiger partial charge in [-0.1, -0.05) is 84.9 Å². The molecule has 3 heterocycles. The standard InChI is InChI=1S/C36H22N4/c37-23-24-17-19-25(20-18-24)26-21-35(39-31-13-5-1-9-27(31)28-10-2-6-14-32(28)39)38-36(22-26)40-33-15-7-3-11-29(33)30-12-4-8-16-34(30)40/h1-22H. The maximum Gasteiger partial charge on any atom is 0.140 e. The summed E-state index contributed by atoms with van der Waals surface area (Å²) >= 11 is 0. The molecule has 0 saturated heterocycles. The van der Waals surface area contributed by atoms with Crippen LogP contribution >= 0.6 is 0 Å². The van der Waals surface area contributed by atoms with Gasteiger partial charge in [-0.3, -0.25) is 9.13 Å². The number of fused-ring (bicyclic) bond motifs is 6. The molecule has 0 atom stereocenters. The van der Waals surface area contributed by atoms with Crippen LogP contribution in [0.1, 0.15) is 5.56 Å². The molecule has 4 heteroatoms. The molecular formula is C36H22N4. The van der Waals surface area contributed by atoms with Crippen LogP contribution in [0.4, 0.5) is 0 Å². The Morgan fingerprint density at radius 3 is 1.20 bits per heavy atom. The van der Waals surface area contributed by atoms with Gasteiger partial charge in [-0.15, -0.1) is 0 Å². The van der Waals surface area contributed by atoms with E-state index in [9.17, 15) is 5.26 Å². The van der Waals surface area contributed by atoms with Crippen molar-refractivity contribution in [2.45, 2.75) is 0 Å². The number of hydrogen-bond acceptors (Lipinski definition) is 2. The molecule has 0 saturated carbocycles. The number of pyridine rings is 1. The van der Waals surface area contributed by atoms with E-state index < -0.39 is 0 Å². The normalized spacial score (nSPS) is 11.5. The summed E-state index contributed by atoms with van der Waals surface area (Å²) in [5, 5.41) is 14.2. The van der Waals surface area contributed by atoms with E-state index in [1.807, 2.05) is 24.3 Å². The molecule has 0 fully saturated rings. The van der Waals surface area contributed by atoms with Gasteiger partial charge < -0.3 is 0 Å². The van der Waals surface area contributed by atoms with Gasteiger partial charge in [-0.25, -0.2) is 4.98 Å². The Bertz CT molecular complexity index is 2040. The van der Waals surface area contributed by atoms with Gasteiger partial charge in [0.15, 0.2) is 0 Å². The number of hydrogen-bond donors (Lipinski definition) is 0. The average molecular weight is 511 g/mol. The third-order valence-corrected chi connectivity index (χ3v) is 7.76. The molecule has 0 amide bonds. The van der Waals surface area contributed by atoms with Crippen LogP contribution in [0.2, 0.25) is 0 Å². The monoisotopic (exact) mass is 510 g/mol. The lowest BCUT2D eigenvalue weighted by molar-refractivity contribution is 1.01. The summed E-state index contributed by atoms with van der Waals surface area (Å²) < 4.78 is 4.52. The Hall–Kier alpha value is -5.66. The second-order valence-electron chi connectivity index (χ2n) is 10.0. The van der Waals surface area contributed by atoms with Crippen LogP contribution in [0.25, 0.3) is 66.4 Å². The molecular weight excluding hydrogens is 488 g/mol. The van der Waals surface area contributed by atoms with Crippen molar-refractivity contribution in [3.05, 3.63) is 139 Å². The summed E-state index contributed by atoms with van der Waals surface area (Å²) in [6.07, 6.45) is 0. The smallest absolute Gasteiger partial charge is 0.140 e. The molecule has 8 rings (SSSR count). The predicted molar refractivity (Wildman–Crippen MR) is 163 cm³/mol. The van der Waals surface area contributed by atoms with E-state index in [-0.39, 0.29) is 0 Å². The molecule has 0 unspecified atom stereocenters. The first kappa shape index (κ1) is 22.3. The number of para-hydroxylation sites is 4. The summed E-state index contributed by atoms with van der Waals surface area (Å²) in [4.78, 5) is 5.35. The highest BCUT2D eigenvalue weighted by molar-refractivity contribution is 6.10.